The van der Waals surface area contributed by atoms with E-state index < -0.39 is 0 Å². The van der Waals surface area contributed by atoms with Crippen LogP contribution in [-0.2, 0) is 0 Å². The van der Waals surface area contributed by atoms with Gasteiger partial charge >= 0.3 is 0 Å². The van der Waals surface area contributed by atoms with Gasteiger partial charge in [0, 0.05) is 17.8 Å². The highest BCUT2D eigenvalue weighted by atomic mass is 16.3. The molecule has 134 valence electrons. The number of phenolic OH excluding ortho intramolecular Hbond substituents is 2. The second kappa shape index (κ2) is 7.56. The van der Waals surface area contributed by atoms with E-state index in [-0.39, 0.29) is 23.5 Å². The number of hydrogen-bond donors (Lipinski definition) is 5. The molecule has 8 heteroatoms. The number of benzene rings is 2. The molecule has 8 nitrogen and oxygen atoms in total. The van der Waals surface area contributed by atoms with Gasteiger partial charge in [0.05, 0.1) is 5.69 Å². The minimum absolute atomic E-state index is 0.0915. The van der Waals surface area contributed by atoms with E-state index in [4.69, 9.17) is 0 Å². The smallest absolute Gasteiger partial charge is 0.233 e. The van der Waals surface area contributed by atoms with E-state index in [1.54, 1.807) is 48.5 Å². The second-order valence-electron chi connectivity index (χ2n) is 5.92. The molecule has 0 atom stereocenters. The molecule has 0 saturated heterocycles. The third-order valence-corrected chi connectivity index (χ3v) is 3.31. The average molecular weight is 352 g/mol. The van der Waals surface area contributed by atoms with Gasteiger partial charge in [-0.15, -0.1) is 0 Å². The number of anilines is 5. The van der Waals surface area contributed by atoms with E-state index in [9.17, 15) is 10.2 Å². The lowest BCUT2D eigenvalue weighted by Gasteiger charge is -2.13. The van der Waals surface area contributed by atoms with Gasteiger partial charge in [0.15, 0.2) is 0 Å². The van der Waals surface area contributed by atoms with Crippen LogP contribution in [0.15, 0.2) is 48.5 Å². The molecule has 1 aromatic heterocycles. The van der Waals surface area contributed by atoms with E-state index in [2.05, 4.69) is 30.9 Å². The molecule has 0 bridgehead atoms. The third kappa shape index (κ3) is 4.50. The minimum Gasteiger partial charge on any atom is -0.508 e. The lowest BCUT2D eigenvalue weighted by Crippen LogP contribution is -2.15. The summed E-state index contributed by atoms with van der Waals surface area (Å²) in [6.45, 7) is 3.95. The first-order chi connectivity index (χ1) is 12.5. The van der Waals surface area contributed by atoms with Gasteiger partial charge in [-0.3, -0.25) is 0 Å². The van der Waals surface area contributed by atoms with Crippen molar-refractivity contribution in [3.05, 3.63) is 48.5 Å². The molecular weight excluding hydrogens is 332 g/mol. The normalized spacial score (nSPS) is 10.6. The molecule has 0 fully saturated rings. The highest BCUT2D eigenvalue weighted by molar-refractivity contribution is 5.64. The van der Waals surface area contributed by atoms with Crippen molar-refractivity contribution >= 4 is 29.2 Å². The standard InChI is InChI=1S/C18H20N6O2/c1-11(2)19-16-22-17(20-12-6-5-7-13(25)10-12)24-18(23-16)21-14-8-3-4-9-15(14)26/h3-11,25-26H,1-2H3,(H3,19,20,21,22,23,24). The van der Waals surface area contributed by atoms with Gasteiger partial charge in [0.1, 0.15) is 11.5 Å². The van der Waals surface area contributed by atoms with Crippen molar-refractivity contribution in [2.24, 2.45) is 0 Å². The summed E-state index contributed by atoms with van der Waals surface area (Å²) in [7, 11) is 0. The SMILES string of the molecule is CC(C)Nc1nc(Nc2cccc(O)c2)nc(Nc2ccccc2O)n1. The fourth-order valence-corrected chi connectivity index (χ4v) is 2.22. The maximum absolute atomic E-state index is 9.93. The molecule has 2 aromatic carbocycles. The Hall–Kier alpha value is -3.55. The predicted molar refractivity (Wildman–Crippen MR) is 101 cm³/mol. The number of para-hydroxylation sites is 2. The van der Waals surface area contributed by atoms with Crippen LogP contribution >= 0.6 is 0 Å². The Labute approximate surface area is 151 Å². The molecule has 0 aliphatic carbocycles. The van der Waals surface area contributed by atoms with Crippen molar-refractivity contribution in [2.45, 2.75) is 19.9 Å². The van der Waals surface area contributed by atoms with Crippen molar-refractivity contribution in [3.8, 4) is 11.5 Å². The zero-order valence-corrected chi connectivity index (χ0v) is 14.4. The molecule has 5 N–H and O–H groups in total. The Kier molecular flexibility index (Phi) is 5.02. The van der Waals surface area contributed by atoms with Crippen molar-refractivity contribution in [1.29, 1.82) is 0 Å². The average Bonchev–Trinajstić information content (AvgIpc) is 2.56. The van der Waals surface area contributed by atoms with Crippen LogP contribution in [0, 0.1) is 0 Å². The van der Waals surface area contributed by atoms with Crippen molar-refractivity contribution < 1.29 is 10.2 Å². The topological polar surface area (TPSA) is 115 Å². The summed E-state index contributed by atoms with van der Waals surface area (Å²) in [5, 5.41) is 28.7. The van der Waals surface area contributed by atoms with Crippen LogP contribution in [-0.4, -0.2) is 31.2 Å². The molecule has 0 aliphatic rings. The molecule has 0 radical (unpaired) electrons. The lowest BCUT2D eigenvalue weighted by molar-refractivity contribution is 0.475. The van der Waals surface area contributed by atoms with Crippen LogP contribution in [0.5, 0.6) is 11.5 Å². The molecule has 0 saturated carbocycles. The molecule has 0 unspecified atom stereocenters. The minimum atomic E-state index is 0.0915. The number of aromatic nitrogens is 3. The monoisotopic (exact) mass is 352 g/mol. The van der Waals surface area contributed by atoms with Crippen molar-refractivity contribution in [1.82, 2.24) is 15.0 Å². The van der Waals surface area contributed by atoms with Gasteiger partial charge in [0.25, 0.3) is 0 Å². The van der Waals surface area contributed by atoms with Gasteiger partial charge in [0.2, 0.25) is 17.8 Å². The zero-order valence-electron chi connectivity index (χ0n) is 14.4. The van der Waals surface area contributed by atoms with Gasteiger partial charge in [-0.2, -0.15) is 15.0 Å². The van der Waals surface area contributed by atoms with Crippen molar-refractivity contribution in [3.63, 3.8) is 0 Å². The quantitative estimate of drug-likeness (QED) is 0.428. The molecule has 0 aliphatic heterocycles. The van der Waals surface area contributed by atoms with E-state index in [0.29, 0.717) is 23.3 Å². The van der Waals surface area contributed by atoms with Crippen LogP contribution in [0.25, 0.3) is 0 Å². The summed E-state index contributed by atoms with van der Waals surface area (Å²) in [4.78, 5) is 13.0. The van der Waals surface area contributed by atoms with Crippen LogP contribution in [0.3, 0.4) is 0 Å². The van der Waals surface area contributed by atoms with E-state index in [1.807, 2.05) is 13.8 Å². The fraction of sp³-hybridized carbons (Fsp3) is 0.167. The Bertz CT molecular complexity index is 900. The maximum Gasteiger partial charge on any atom is 0.233 e. The summed E-state index contributed by atoms with van der Waals surface area (Å²) in [6.07, 6.45) is 0. The van der Waals surface area contributed by atoms with Crippen LogP contribution < -0.4 is 16.0 Å². The van der Waals surface area contributed by atoms with E-state index in [0.717, 1.165) is 0 Å². The van der Waals surface area contributed by atoms with Gasteiger partial charge in [-0.1, -0.05) is 18.2 Å². The highest BCUT2D eigenvalue weighted by Crippen LogP contribution is 2.26. The van der Waals surface area contributed by atoms with Crippen LogP contribution in [0.2, 0.25) is 0 Å². The Morgan fingerprint density at radius 2 is 1.50 bits per heavy atom. The number of phenols is 2. The van der Waals surface area contributed by atoms with E-state index in [1.165, 1.54) is 0 Å². The maximum atomic E-state index is 9.93. The molecule has 1 heterocycles. The summed E-state index contributed by atoms with van der Waals surface area (Å²) in [5.74, 6) is 1.18. The molecule has 3 aromatic rings. The Balaban J connectivity index is 1.92. The number of nitrogens with one attached hydrogen (secondary N) is 3. The first-order valence-corrected chi connectivity index (χ1v) is 8.13. The number of hydrogen-bond acceptors (Lipinski definition) is 8. The molecule has 3 rings (SSSR count). The molecule has 0 spiro atoms. The third-order valence-electron chi connectivity index (χ3n) is 3.31. The largest absolute Gasteiger partial charge is 0.508 e. The first kappa shape index (κ1) is 17.3. The molecule has 0 amide bonds. The fourth-order valence-electron chi connectivity index (χ4n) is 2.22. The summed E-state index contributed by atoms with van der Waals surface area (Å²) < 4.78 is 0. The molecular formula is C18H20N6O2. The van der Waals surface area contributed by atoms with Crippen LogP contribution in [0.4, 0.5) is 29.2 Å². The second-order valence-corrected chi connectivity index (χ2v) is 5.92. The summed E-state index contributed by atoms with van der Waals surface area (Å²) in [5.41, 5.74) is 1.12. The predicted octanol–water partition coefficient (Wildman–Crippen LogP) is 3.59. The van der Waals surface area contributed by atoms with Gasteiger partial charge in [-0.25, -0.2) is 0 Å². The summed E-state index contributed by atoms with van der Waals surface area (Å²) >= 11 is 0. The highest BCUT2D eigenvalue weighted by Gasteiger charge is 2.10. The van der Waals surface area contributed by atoms with Gasteiger partial charge in [-0.05, 0) is 38.1 Å². The zero-order chi connectivity index (χ0) is 18.5. The van der Waals surface area contributed by atoms with Gasteiger partial charge < -0.3 is 26.2 Å². The van der Waals surface area contributed by atoms with E-state index >= 15 is 0 Å². The lowest BCUT2D eigenvalue weighted by atomic mass is 10.3. The number of nitrogens with zero attached hydrogens (tertiary/aromatic N) is 3. The number of rotatable bonds is 6. The Morgan fingerprint density at radius 3 is 2.19 bits per heavy atom. The summed E-state index contributed by atoms with van der Waals surface area (Å²) in [6, 6.07) is 13.6. The number of aromatic hydroxyl groups is 2. The molecule has 26 heavy (non-hydrogen) atoms. The Morgan fingerprint density at radius 1 is 0.808 bits per heavy atom. The first-order valence-electron chi connectivity index (χ1n) is 8.13. The van der Waals surface area contributed by atoms with Crippen LogP contribution in [0.1, 0.15) is 13.8 Å². The van der Waals surface area contributed by atoms with Crippen molar-refractivity contribution in [2.75, 3.05) is 16.0 Å².